The van der Waals surface area contributed by atoms with Gasteiger partial charge in [0, 0.05) is 0 Å². The first-order valence-electron chi connectivity index (χ1n) is 12.4. The van der Waals surface area contributed by atoms with Gasteiger partial charge in [-0.2, -0.15) is 4.98 Å². The lowest BCUT2D eigenvalue weighted by atomic mass is 10.1. The van der Waals surface area contributed by atoms with Crippen molar-refractivity contribution in [2.24, 2.45) is 0 Å². The number of thiol groups is 1. The highest BCUT2D eigenvalue weighted by molar-refractivity contribution is 8.33. The number of H-pyrrole nitrogens is 1. The van der Waals surface area contributed by atoms with Crippen LogP contribution in [0, 0.1) is 0 Å². The number of halogens is 2. The summed E-state index contributed by atoms with van der Waals surface area (Å²) in [6, 6.07) is 0. The normalized spacial score (nSPS) is 29.6. The van der Waals surface area contributed by atoms with Crippen molar-refractivity contribution in [3.8, 4) is 0 Å². The number of thioether (sulfide) groups is 1. The molecular formula is C19H23F2N11O8P2S3. The fraction of sp³-hybridized carbons (Fsp3) is 0.526. The lowest BCUT2D eigenvalue weighted by Crippen LogP contribution is -2.33. The maximum absolute atomic E-state index is 15.4. The molecule has 6 rings (SSSR count). The molecule has 26 heteroatoms. The standard InChI is InChI=1S/C19H22F2N11O7PS2.HOPS/c20-7-6(1-33)42-18(32-15-10(29-30-32)16(35)28-19(23)27-15)12(7)39-40(36,41)37-2-5-11(34)8(21)17(38-5)31-4-26-9-13(22)24-3-25-14(9)31;1-2-3/h3-8,11-12,17-18,33-34H,1-2H2,(H,36,41)(H2,22,24,25)(H3,23,27,28,35);(H,1,3)/t5-,6-,7-,8+,11-,12-,17-,18-,40?;/m1./s1. The smallest absolute Gasteiger partial charge is 0.325 e. The number of imidazole rings is 1. The number of fused-ring (bicyclic) bond motifs is 2. The minimum Gasteiger partial charge on any atom is -0.395 e. The SMILES string of the molecule is Nc1nc2c(nnn2[C@@H]2S[C@H](CO)[C@@H](F)[C@H]2OP(O)(=S)OC[C@H]2O[C@@H](n3cnc4c(N)ncnc43)[C@@H](F)[C@@H]2O)c(=O)[nH]1.O=PS. The van der Waals surface area contributed by atoms with E-state index >= 15 is 8.78 Å². The first-order chi connectivity index (χ1) is 21.4. The van der Waals surface area contributed by atoms with Gasteiger partial charge in [-0.1, -0.05) is 17.5 Å². The maximum atomic E-state index is 15.4. The first kappa shape index (κ1) is 33.9. The second kappa shape index (κ2) is 13.7. The van der Waals surface area contributed by atoms with E-state index in [1.165, 1.54) is 10.9 Å². The number of aromatic nitrogens is 9. The Kier molecular flexibility index (Phi) is 10.3. The Hall–Kier alpha value is -2.50. The van der Waals surface area contributed by atoms with Crippen LogP contribution in [0.5, 0.6) is 0 Å². The van der Waals surface area contributed by atoms with Crippen LogP contribution in [-0.4, -0.2) is 109 Å². The quantitative estimate of drug-likeness (QED) is 0.0913. The lowest BCUT2D eigenvalue weighted by Gasteiger charge is -2.26. The number of anilines is 2. The second-order valence-corrected chi connectivity index (χ2v) is 14.2. The van der Waals surface area contributed by atoms with Crippen molar-refractivity contribution in [1.29, 1.82) is 0 Å². The van der Waals surface area contributed by atoms with Crippen LogP contribution < -0.4 is 17.0 Å². The van der Waals surface area contributed by atoms with E-state index < -0.39 is 73.0 Å². The molecule has 0 spiro atoms. The highest BCUT2D eigenvalue weighted by Crippen LogP contribution is 2.54. The van der Waals surface area contributed by atoms with Crippen molar-refractivity contribution in [2.45, 2.75) is 47.5 Å². The van der Waals surface area contributed by atoms with Crippen LogP contribution >= 0.6 is 38.4 Å². The predicted octanol–water partition coefficient (Wildman–Crippen LogP) is -0.199. The molecule has 8 N–H and O–H groups in total. The van der Waals surface area contributed by atoms with E-state index in [4.69, 9.17) is 41.6 Å². The zero-order valence-corrected chi connectivity index (χ0v) is 26.5. The van der Waals surface area contributed by atoms with Gasteiger partial charge < -0.3 is 35.8 Å². The summed E-state index contributed by atoms with van der Waals surface area (Å²) < 4.78 is 58.1. The zero-order chi connectivity index (χ0) is 32.6. The highest BCUT2D eigenvalue weighted by atomic mass is 32.7. The molecule has 9 atom stereocenters. The number of hydrogen-bond acceptors (Lipinski definition) is 17. The van der Waals surface area contributed by atoms with E-state index in [-0.39, 0.29) is 41.8 Å². The zero-order valence-electron chi connectivity index (χ0n) is 22.2. The molecule has 0 saturated carbocycles. The van der Waals surface area contributed by atoms with Crippen molar-refractivity contribution in [2.75, 3.05) is 24.7 Å². The van der Waals surface area contributed by atoms with Crippen molar-refractivity contribution < 1.29 is 42.2 Å². The van der Waals surface area contributed by atoms with Gasteiger partial charge in [0.1, 0.15) is 41.7 Å². The Morgan fingerprint density at radius 2 is 1.98 bits per heavy atom. The number of aliphatic hydroxyl groups is 2. The second-order valence-electron chi connectivity index (χ2n) is 9.35. The van der Waals surface area contributed by atoms with Gasteiger partial charge in [0.05, 0.1) is 24.8 Å². The number of nitrogens with two attached hydrogens (primary N) is 2. The van der Waals surface area contributed by atoms with Crippen LogP contribution in [0.2, 0.25) is 0 Å². The number of nitrogens with zero attached hydrogens (tertiary/aromatic N) is 8. The molecule has 1 unspecified atom stereocenters. The summed E-state index contributed by atoms with van der Waals surface area (Å²) in [4.78, 5) is 41.2. The van der Waals surface area contributed by atoms with Crippen molar-refractivity contribution in [1.82, 2.24) is 44.5 Å². The Morgan fingerprint density at radius 1 is 1.24 bits per heavy atom. The fourth-order valence-electron chi connectivity index (χ4n) is 4.65. The Labute approximate surface area is 265 Å². The van der Waals surface area contributed by atoms with Crippen LogP contribution in [0.1, 0.15) is 11.6 Å². The van der Waals surface area contributed by atoms with Gasteiger partial charge in [-0.15, -0.1) is 16.9 Å². The molecule has 4 aromatic heterocycles. The summed E-state index contributed by atoms with van der Waals surface area (Å²) in [5.41, 5.74) is 10.8. The number of nitrogen functional groups attached to an aromatic ring is 2. The molecule has 0 radical (unpaired) electrons. The Balaban J connectivity index is 0.00000128. The van der Waals surface area contributed by atoms with Crippen molar-refractivity contribution in [3.63, 3.8) is 0 Å². The topological polar surface area (TPSA) is 278 Å². The molecule has 244 valence electrons. The third-order valence-corrected chi connectivity index (χ3v) is 9.72. The Morgan fingerprint density at radius 3 is 2.69 bits per heavy atom. The van der Waals surface area contributed by atoms with E-state index in [9.17, 15) is 19.9 Å². The van der Waals surface area contributed by atoms with Crippen LogP contribution in [-0.2, 0) is 30.2 Å². The van der Waals surface area contributed by atoms with Gasteiger partial charge >= 0.3 is 6.72 Å². The van der Waals surface area contributed by atoms with E-state index in [0.717, 1.165) is 22.8 Å². The van der Waals surface area contributed by atoms with Crippen LogP contribution in [0.4, 0.5) is 20.5 Å². The number of aromatic amines is 1. The average Bonchev–Trinajstić information content (AvgIpc) is 3.74. The fourth-order valence-corrected chi connectivity index (χ4v) is 7.52. The number of rotatable bonds is 8. The summed E-state index contributed by atoms with van der Waals surface area (Å²) >= 11 is 9.17. The molecule has 0 bridgehead atoms. The number of alkyl halides is 2. The van der Waals surface area contributed by atoms with E-state index in [2.05, 4.69) is 47.5 Å². The Bertz CT molecular complexity index is 1810. The number of ether oxygens (including phenoxy) is 1. The monoisotopic (exact) mass is 729 g/mol. The van der Waals surface area contributed by atoms with Gasteiger partial charge in [0.25, 0.3) is 5.56 Å². The summed E-state index contributed by atoms with van der Waals surface area (Å²) in [7, 11) is -0.139. The molecule has 2 saturated heterocycles. The molecule has 2 aliphatic rings. The van der Waals surface area contributed by atoms with Crippen LogP contribution in [0.25, 0.3) is 22.3 Å². The van der Waals surface area contributed by atoms with Crippen molar-refractivity contribution >= 4 is 84.3 Å². The average molecular weight is 730 g/mol. The third kappa shape index (κ3) is 6.67. The molecule has 2 aliphatic heterocycles. The number of nitrogens with one attached hydrogen (secondary N) is 1. The van der Waals surface area contributed by atoms with Gasteiger partial charge in [-0.05, 0) is 11.8 Å². The van der Waals surface area contributed by atoms with E-state index in [1.807, 2.05) is 0 Å². The molecule has 0 aliphatic carbocycles. The van der Waals surface area contributed by atoms with Gasteiger partial charge in [-0.25, -0.2) is 28.4 Å². The minimum atomic E-state index is -4.30. The third-order valence-electron chi connectivity index (χ3n) is 6.65. The van der Waals surface area contributed by atoms with Crippen molar-refractivity contribution in [3.05, 3.63) is 23.0 Å². The summed E-state index contributed by atoms with van der Waals surface area (Å²) in [5, 5.41) is 25.6. The van der Waals surface area contributed by atoms with Crippen LogP contribution in [0.15, 0.2) is 17.4 Å². The van der Waals surface area contributed by atoms with Gasteiger partial charge in [-0.3, -0.25) is 23.4 Å². The molecule has 2 fully saturated rings. The lowest BCUT2D eigenvalue weighted by molar-refractivity contribution is -0.0461. The number of aliphatic hydroxyl groups excluding tert-OH is 2. The molecule has 0 amide bonds. The molecule has 4 aromatic rings. The minimum absolute atomic E-state index is 0.0635. The summed E-state index contributed by atoms with van der Waals surface area (Å²) in [5.74, 6) is -0.185. The predicted molar refractivity (Wildman–Crippen MR) is 161 cm³/mol. The molecular weight excluding hydrogens is 706 g/mol. The largest absolute Gasteiger partial charge is 0.395 e. The number of hydrogen-bond donors (Lipinski definition) is 7. The molecule has 0 aromatic carbocycles. The van der Waals surface area contributed by atoms with Crippen LogP contribution in [0.3, 0.4) is 0 Å². The maximum Gasteiger partial charge on any atom is 0.325 e. The van der Waals surface area contributed by atoms with Gasteiger partial charge in [0.15, 0.2) is 35.0 Å². The summed E-state index contributed by atoms with van der Waals surface area (Å²) in [6.07, 6.45) is -7.48. The highest BCUT2D eigenvalue weighted by Gasteiger charge is 2.51. The molecule has 45 heavy (non-hydrogen) atoms. The molecule has 19 nitrogen and oxygen atoms in total. The summed E-state index contributed by atoms with van der Waals surface area (Å²) in [6.45, 7) is -5.55. The van der Waals surface area contributed by atoms with E-state index in [1.54, 1.807) is 0 Å². The van der Waals surface area contributed by atoms with E-state index in [0.29, 0.717) is 0 Å². The van der Waals surface area contributed by atoms with Gasteiger partial charge in [0.2, 0.25) is 13.6 Å². The first-order valence-corrected chi connectivity index (χ1v) is 17.9. The molecule has 6 heterocycles.